The van der Waals surface area contributed by atoms with Gasteiger partial charge in [-0.2, -0.15) is 0 Å². The Morgan fingerprint density at radius 2 is 2.05 bits per heavy atom. The molecule has 0 aromatic heterocycles. The van der Waals surface area contributed by atoms with Crippen molar-refractivity contribution >= 4 is 23.7 Å². The summed E-state index contributed by atoms with van der Waals surface area (Å²) in [5.74, 6) is -1.29. The van der Waals surface area contributed by atoms with Crippen molar-refractivity contribution in [2.75, 3.05) is 27.2 Å². The fourth-order valence-electron chi connectivity index (χ4n) is 1.02. The van der Waals surface area contributed by atoms with E-state index in [2.05, 4.69) is 10.3 Å². The number of esters is 1. The van der Waals surface area contributed by atoms with E-state index in [1.807, 2.05) is 19.0 Å². The first kappa shape index (κ1) is 17.8. The summed E-state index contributed by atoms with van der Waals surface area (Å²) in [5, 5.41) is 10.1. The van der Waals surface area contributed by atoms with Gasteiger partial charge in [0.2, 0.25) is 5.91 Å². The number of carboxylic acids is 1. The predicted molar refractivity (Wildman–Crippen MR) is 72.2 cm³/mol. The van der Waals surface area contributed by atoms with Crippen LogP contribution in [-0.4, -0.2) is 60.9 Å². The molecule has 0 saturated carbocycles. The number of aliphatic imine (C=N–C) groups is 1. The number of likely N-dealkylation sites (N-methyl/N-ethyl adjacent to an activating group) is 1. The molecule has 2 N–H and O–H groups in total. The van der Waals surface area contributed by atoms with E-state index in [0.29, 0.717) is 18.1 Å². The van der Waals surface area contributed by atoms with Crippen molar-refractivity contribution in [3.05, 3.63) is 11.8 Å². The Balaban J connectivity index is 0.000000396. The summed E-state index contributed by atoms with van der Waals surface area (Å²) < 4.78 is 4.73. The van der Waals surface area contributed by atoms with Gasteiger partial charge in [-0.3, -0.25) is 9.59 Å². The molecule has 8 heteroatoms. The van der Waals surface area contributed by atoms with Gasteiger partial charge in [0.05, 0.1) is 0 Å². The van der Waals surface area contributed by atoms with E-state index in [4.69, 9.17) is 9.84 Å². The summed E-state index contributed by atoms with van der Waals surface area (Å²) >= 11 is 0. The Bertz CT molecular complexity index is 426. The van der Waals surface area contributed by atoms with Crippen LogP contribution in [0.3, 0.4) is 0 Å². The molecule has 112 valence electrons. The minimum Gasteiger partial charge on any atom is -0.480 e. The highest BCUT2D eigenvalue weighted by molar-refractivity contribution is 6.03. The van der Waals surface area contributed by atoms with E-state index in [-0.39, 0.29) is 18.4 Å². The van der Waals surface area contributed by atoms with Gasteiger partial charge in [0.1, 0.15) is 12.2 Å². The number of nitrogens with one attached hydrogen (secondary N) is 1. The minimum atomic E-state index is -1.03. The van der Waals surface area contributed by atoms with Crippen molar-refractivity contribution in [1.82, 2.24) is 10.2 Å². The lowest BCUT2D eigenvalue weighted by molar-refractivity contribution is -0.137. The number of cyclic esters (lactones) is 1. The summed E-state index contributed by atoms with van der Waals surface area (Å²) in [4.78, 5) is 36.5. The lowest BCUT2D eigenvalue weighted by atomic mass is 10.4. The van der Waals surface area contributed by atoms with Gasteiger partial charge in [0.15, 0.2) is 5.90 Å². The molecule has 0 aromatic carbocycles. The normalized spacial score (nSPS) is 15.3. The number of amides is 1. The second-order valence-electron chi connectivity index (χ2n) is 4.18. The summed E-state index contributed by atoms with van der Waals surface area (Å²) in [7, 11) is 3.85. The molecular weight excluding hydrogens is 266 g/mol. The molecule has 0 saturated heterocycles. The SMILES string of the molecule is CC(=O)NCC(=O)O.CC1=N/C(=C\CN(C)C)C(=O)O1. The van der Waals surface area contributed by atoms with Crippen molar-refractivity contribution in [3.8, 4) is 0 Å². The standard InChI is InChI=1S/C8H12N2O2.C4H7NO3/c1-6-9-7(8(11)12-6)4-5-10(2)3;1-3(6)5-2-4(7)8/h4H,5H2,1-3H3;2H2,1H3,(H,5,6)(H,7,8)/b7-4-;. The first-order valence-corrected chi connectivity index (χ1v) is 5.81. The molecule has 1 aliphatic heterocycles. The Morgan fingerprint density at radius 1 is 1.45 bits per heavy atom. The van der Waals surface area contributed by atoms with Crippen molar-refractivity contribution in [3.63, 3.8) is 0 Å². The number of hydrogen-bond acceptors (Lipinski definition) is 6. The van der Waals surface area contributed by atoms with Crippen molar-refractivity contribution in [2.24, 2.45) is 4.99 Å². The number of ether oxygens (including phenoxy) is 1. The Hall–Kier alpha value is -2.22. The number of aliphatic carboxylic acids is 1. The van der Waals surface area contributed by atoms with E-state index in [1.54, 1.807) is 13.0 Å². The minimum absolute atomic E-state index is 0.296. The van der Waals surface area contributed by atoms with E-state index in [1.165, 1.54) is 6.92 Å². The monoisotopic (exact) mass is 285 g/mol. The smallest absolute Gasteiger partial charge is 0.363 e. The van der Waals surface area contributed by atoms with Gasteiger partial charge in [-0.15, -0.1) is 0 Å². The largest absolute Gasteiger partial charge is 0.480 e. The topological polar surface area (TPSA) is 108 Å². The second kappa shape index (κ2) is 8.81. The molecule has 0 fully saturated rings. The number of nitrogens with zero attached hydrogens (tertiary/aromatic N) is 2. The molecule has 0 spiro atoms. The van der Waals surface area contributed by atoms with E-state index >= 15 is 0 Å². The van der Waals surface area contributed by atoms with Crippen molar-refractivity contribution in [1.29, 1.82) is 0 Å². The zero-order chi connectivity index (χ0) is 15.7. The Morgan fingerprint density at radius 3 is 2.35 bits per heavy atom. The molecule has 8 nitrogen and oxygen atoms in total. The van der Waals surface area contributed by atoms with Gasteiger partial charge in [0.25, 0.3) is 0 Å². The van der Waals surface area contributed by atoms with Crippen LogP contribution in [0.5, 0.6) is 0 Å². The number of carboxylic acid groups (broad SMARTS) is 1. The van der Waals surface area contributed by atoms with Crippen LogP contribution in [0, 0.1) is 0 Å². The summed E-state index contributed by atoms with van der Waals surface area (Å²) in [6.45, 7) is 3.33. The van der Waals surface area contributed by atoms with Crippen LogP contribution in [-0.2, 0) is 19.1 Å². The zero-order valence-electron chi connectivity index (χ0n) is 12.0. The number of carbonyl (C=O) groups excluding carboxylic acids is 2. The first-order valence-electron chi connectivity index (χ1n) is 5.81. The summed E-state index contributed by atoms with van der Waals surface area (Å²) in [5.41, 5.74) is 0.404. The third kappa shape index (κ3) is 8.81. The highest BCUT2D eigenvalue weighted by Crippen LogP contribution is 2.09. The maximum absolute atomic E-state index is 11.0. The van der Waals surface area contributed by atoms with Crippen molar-refractivity contribution < 1.29 is 24.2 Å². The predicted octanol–water partition coefficient (Wildman–Crippen LogP) is -0.386. The summed E-state index contributed by atoms with van der Waals surface area (Å²) in [6.07, 6.45) is 1.75. The third-order valence-corrected chi connectivity index (χ3v) is 1.87. The number of rotatable bonds is 4. The van der Waals surface area contributed by atoms with Gasteiger partial charge < -0.3 is 20.1 Å². The van der Waals surface area contributed by atoms with E-state index in [9.17, 15) is 14.4 Å². The molecule has 1 aliphatic rings. The van der Waals surface area contributed by atoms with Crippen molar-refractivity contribution in [2.45, 2.75) is 13.8 Å². The third-order valence-electron chi connectivity index (χ3n) is 1.87. The maximum Gasteiger partial charge on any atom is 0.363 e. The van der Waals surface area contributed by atoms with Crippen LogP contribution < -0.4 is 5.32 Å². The Labute approximate surface area is 117 Å². The summed E-state index contributed by atoms with van der Waals surface area (Å²) in [6, 6.07) is 0. The average Bonchev–Trinajstić information content (AvgIpc) is 2.63. The molecule has 0 aliphatic carbocycles. The maximum atomic E-state index is 11.0. The van der Waals surface area contributed by atoms with Gasteiger partial charge in [-0.25, -0.2) is 9.79 Å². The molecule has 0 bridgehead atoms. The van der Waals surface area contributed by atoms with E-state index < -0.39 is 5.97 Å². The molecule has 1 heterocycles. The highest BCUT2D eigenvalue weighted by atomic mass is 16.6. The molecule has 0 unspecified atom stereocenters. The molecule has 0 atom stereocenters. The van der Waals surface area contributed by atoms with Crippen LogP contribution in [0.25, 0.3) is 0 Å². The van der Waals surface area contributed by atoms with Crippen LogP contribution in [0.15, 0.2) is 16.8 Å². The molecule has 0 radical (unpaired) electrons. The zero-order valence-corrected chi connectivity index (χ0v) is 12.0. The van der Waals surface area contributed by atoms with Crippen LogP contribution in [0.1, 0.15) is 13.8 Å². The quantitative estimate of drug-likeness (QED) is 0.538. The first-order chi connectivity index (χ1) is 9.22. The fourth-order valence-corrected chi connectivity index (χ4v) is 1.02. The molecule has 1 amide bonds. The lowest BCUT2D eigenvalue weighted by Crippen LogP contribution is -2.26. The van der Waals surface area contributed by atoms with Gasteiger partial charge in [-0.05, 0) is 20.2 Å². The average molecular weight is 285 g/mol. The van der Waals surface area contributed by atoms with Crippen LogP contribution in [0.4, 0.5) is 0 Å². The highest BCUT2D eigenvalue weighted by Gasteiger charge is 2.18. The van der Waals surface area contributed by atoms with Gasteiger partial charge >= 0.3 is 11.9 Å². The second-order valence-corrected chi connectivity index (χ2v) is 4.18. The molecule has 0 aromatic rings. The van der Waals surface area contributed by atoms with Crippen LogP contribution >= 0.6 is 0 Å². The van der Waals surface area contributed by atoms with E-state index in [0.717, 1.165) is 0 Å². The molecule has 1 rings (SSSR count). The van der Waals surface area contributed by atoms with Gasteiger partial charge in [0, 0.05) is 20.4 Å². The lowest BCUT2D eigenvalue weighted by Gasteiger charge is -2.03. The fraction of sp³-hybridized carbons (Fsp3) is 0.500. The molecule has 20 heavy (non-hydrogen) atoms. The Kier molecular flexibility index (Phi) is 7.83. The molecular formula is C12H19N3O5. The van der Waals surface area contributed by atoms with Gasteiger partial charge in [-0.1, -0.05) is 0 Å². The number of carbonyl (C=O) groups is 3. The number of hydrogen-bond donors (Lipinski definition) is 2. The van der Waals surface area contributed by atoms with Crippen LogP contribution in [0.2, 0.25) is 0 Å².